The van der Waals surface area contributed by atoms with Crippen molar-refractivity contribution < 1.29 is 25.5 Å². The van der Waals surface area contributed by atoms with E-state index in [0.29, 0.717) is 16.3 Å². The molecule has 0 aromatic heterocycles. The number of phenols is 5. The second-order valence-corrected chi connectivity index (χ2v) is 10.1. The first kappa shape index (κ1) is 24.4. The summed E-state index contributed by atoms with van der Waals surface area (Å²) in [5.74, 6) is -4.25. The molecule has 7 aromatic carbocycles. The van der Waals surface area contributed by atoms with Gasteiger partial charge >= 0.3 is 0 Å². The molecule has 0 heterocycles. The van der Waals surface area contributed by atoms with Gasteiger partial charge in [-0.3, -0.25) is 0 Å². The summed E-state index contributed by atoms with van der Waals surface area (Å²) in [5, 5.41) is 58.0. The van der Waals surface area contributed by atoms with Gasteiger partial charge in [-0.15, -0.1) is 0 Å². The third kappa shape index (κ3) is 3.71. The zero-order chi connectivity index (χ0) is 28.2. The summed E-state index contributed by atoms with van der Waals surface area (Å²) in [5.41, 5.74) is 4.37. The molecule has 7 rings (SSSR count). The van der Waals surface area contributed by atoms with E-state index in [1.54, 1.807) is 0 Å². The molecule has 0 saturated carbocycles. The van der Waals surface area contributed by atoms with Crippen LogP contribution in [-0.4, -0.2) is 25.5 Å². The maximum absolute atomic E-state index is 10.9. The maximum Gasteiger partial charge on any atom is 0.208 e. The molecule has 0 saturated heterocycles. The molecule has 0 bridgehead atoms. The zero-order valence-corrected chi connectivity index (χ0v) is 21.7. The molecule has 41 heavy (non-hydrogen) atoms. The van der Waals surface area contributed by atoms with Crippen LogP contribution in [-0.2, 0) is 0 Å². The van der Waals surface area contributed by atoms with E-state index in [9.17, 15) is 25.5 Å². The van der Waals surface area contributed by atoms with E-state index in [0.717, 1.165) is 38.4 Å². The Morgan fingerprint density at radius 2 is 0.756 bits per heavy atom. The van der Waals surface area contributed by atoms with Gasteiger partial charge in [-0.1, -0.05) is 103 Å². The predicted octanol–water partition coefficient (Wildman–Crippen LogP) is 8.68. The van der Waals surface area contributed by atoms with Gasteiger partial charge in [-0.2, -0.15) is 0 Å². The second-order valence-electron chi connectivity index (χ2n) is 10.1. The standard InChI is InChI=1S/C36H24O5/c37-32-31(33(38)35(40)36(41)34(32)39)30-27-14-5-3-12-25(27)29(26-13-4-6-15-28(26)30)24-11-7-10-22(19-24)23-17-16-20-8-1-2-9-21(20)18-23/h1-19,37-41H. The fraction of sp³-hybridized carbons (Fsp3) is 0. The van der Waals surface area contributed by atoms with Gasteiger partial charge in [-0.25, -0.2) is 0 Å². The molecular formula is C36H24O5. The molecule has 0 unspecified atom stereocenters. The van der Waals surface area contributed by atoms with Gasteiger partial charge in [0.05, 0.1) is 5.56 Å². The minimum absolute atomic E-state index is 0.165. The first-order valence-corrected chi connectivity index (χ1v) is 13.2. The number of aromatic hydroxyl groups is 5. The highest BCUT2D eigenvalue weighted by molar-refractivity contribution is 6.22. The monoisotopic (exact) mass is 536 g/mol. The molecule has 198 valence electrons. The number of hydrogen-bond donors (Lipinski definition) is 5. The summed E-state index contributed by atoms with van der Waals surface area (Å²) in [6, 6.07) is 38.2. The van der Waals surface area contributed by atoms with Crippen LogP contribution >= 0.6 is 0 Å². The van der Waals surface area contributed by atoms with Crippen molar-refractivity contribution in [3.8, 4) is 62.1 Å². The Bertz CT molecular complexity index is 2080. The Labute approximate surface area is 235 Å². The molecular weight excluding hydrogens is 512 g/mol. The van der Waals surface area contributed by atoms with Crippen molar-refractivity contribution in [3.05, 3.63) is 115 Å². The van der Waals surface area contributed by atoms with E-state index in [1.165, 1.54) is 5.39 Å². The molecule has 0 spiro atoms. The molecule has 0 aliphatic rings. The number of fused-ring (bicyclic) bond motifs is 3. The fourth-order valence-corrected chi connectivity index (χ4v) is 5.85. The van der Waals surface area contributed by atoms with Crippen LogP contribution in [0.15, 0.2) is 115 Å². The van der Waals surface area contributed by atoms with Gasteiger partial charge in [0.1, 0.15) is 0 Å². The van der Waals surface area contributed by atoms with Gasteiger partial charge in [0.25, 0.3) is 0 Å². The van der Waals surface area contributed by atoms with Crippen molar-refractivity contribution in [1.29, 1.82) is 0 Å². The van der Waals surface area contributed by atoms with E-state index in [4.69, 9.17) is 0 Å². The third-order valence-corrected chi connectivity index (χ3v) is 7.79. The van der Waals surface area contributed by atoms with Crippen molar-refractivity contribution >= 4 is 32.3 Å². The highest BCUT2D eigenvalue weighted by Crippen LogP contribution is 2.57. The van der Waals surface area contributed by atoms with Crippen LogP contribution in [0.4, 0.5) is 0 Å². The molecule has 0 fully saturated rings. The lowest BCUT2D eigenvalue weighted by molar-refractivity contribution is 0.330. The smallest absolute Gasteiger partial charge is 0.208 e. The summed E-state index contributed by atoms with van der Waals surface area (Å²) >= 11 is 0. The topological polar surface area (TPSA) is 101 Å². The third-order valence-electron chi connectivity index (χ3n) is 7.79. The molecule has 0 aliphatic heterocycles. The Hall–Kier alpha value is -5.68. The van der Waals surface area contributed by atoms with Crippen LogP contribution in [0, 0.1) is 0 Å². The van der Waals surface area contributed by atoms with Crippen LogP contribution in [0.5, 0.6) is 28.7 Å². The highest BCUT2D eigenvalue weighted by atomic mass is 16.4. The van der Waals surface area contributed by atoms with Crippen molar-refractivity contribution in [2.75, 3.05) is 0 Å². The van der Waals surface area contributed by atoms with Crippen LogP contribution in [0.25, 0.3) is 65.7 Å². The molecule has 0 atom stereocenters. The van der Waals surface area contributed by atoms with E-state index in [1.807, 2.05) is 66.7 Å². The number of hydrogen-bond acceptors (Lipinski definition) is 5. The van der Waals surface area contributed by atoms with Crippen LogP contribution in [0.3, 0.4) is 0 Å². The van der Waals surface area contributed by atoms with Crippen LogP contribution < -0.4 is 0 Å². The van der Waals surface area contributed by atoms with Gasteiger partial charge in [0, 0.05) is 5.56 Å². The average molecular weight is 537 g/mol. The Kier molecular flexibility index (Phi) is 5.47. The predicted molar refractivity (Wildman–Crippen MR) is 164 cm³/mol. The maximum atomic E-state index is 10.9. The van der Waals surface area contributed by atoms with E-state index in [2.05, 4.69) is 48.5 Å². The zero-order valence-electron chi connectivity index (χ0n) is 21.7. The van der Waals surface area contributed by atoms with Gasteiger partial charge < -0.3 is 25.5 Å². The highest BCUT2D eigenvalue weighted by Gasteiger charge is 2.27. The lowest BCUT2D eigenvalue weighted by Crippen LogP contribution is -1.92. The van der Waals surface area contributed by atoms with E-state index < -0.39 is 28.7 Å². The number of benzene rings is 7. The lowest BCUT2D eigenvalue weighted by Gasteiger charge is -2.20. The summed E-state index contributed by atoms with van der Waals surface area (Å²) in [6.07, 6.45) is 0. The van der Waals surface area contributed by atoms with Crippen LogP contribution in [0.1, 0.15) is 0 Å². The van der Waals surface area contributed by atoms with Crippen molar-refractivity contribution in [1.82, 2.24) is 0 Å². The molecule has 0 aliphatic carbocycles. The normalized spacial score (nSPS) is 11.4. The van der Waals surface area contributed by atoms with Gasteiger partial charge in [0.2, 0.25) is 17.2 Å². The molecule has 7 aromatic rings. The molecule has 5 N–H and O–H groups in total. The lowest BCUT2D eigenvalue weighted by atomic mass is 9.84. The number of phenolic OH excluding ortho intramolecular Hbond substituents is 5. The quantitative estimate of drug-likeness (QED) is 0.0884. The van der Waals surface area contributed by atoms with Gasteiger partial charge in [0.15, 0.2) is 11.5 Å². The van der Waals surface area contributed by atoms with Crippen molar-refractivity contribution in [2.45, 2.75) is 0 Å². The van der Waals surface area contributed by atoms with Gasteiger partial charge in [-0.05, 0) is 66.7 Å². The SMILES string of the molecule is Oc1c(O)c(O)c(-c2c3ccccc3c(-c3cccc(-c4ccc5ccccc5c4)c3)c3ccccc23)c(O)c1O. The molecule has 0 amide bonds. The summed E-state index contributed by atoms with van der Waals surface area (Å²) < 4.78 is 0. The molecule has 5 heteroatoms. The minimum atomic E-state index is -0.987. The Morgan fingerprint density at radius 3 is 1.37 bits per heavy atom. The largest absolute Gasteiger partial charge is 0.504 e. The van der Waals surface area contributed by atoms with Crippen molar-refractivity contribution in [2.24, 2.45) is 0 Å². The fourth-order valence-electron chi connectivity index (χ4n) is 5.85. The Balaban J connectivity index is 1.54. The first-order valence-electron chi connectivity index (χ1n) is 13.2. The van der Waals surface area contributed by atoms with Crippen LogP contribution in [0.2, 0.25) is 0 Å². The summed E-state index contributed by atoms with van der Waals surface area (Å²) in [6.45, 7) is 0. The number of rotatable bonds is 3. The van der Waals surface area contributed by atoms with Crippen molar-refractivity contribution in [3.63, 3.8) is 0 Å². The Morgan fingerprint density at radius 1 is 0.293 bits per heavy atom. The van der Waals surface area contributed by atoms with E-state index in [-0.39, 0.29) is 5.56 Å². The average Bonchev–Trinajstić information content (AvgIpc) is 3.02. The first-order chi connectivity index (χ1) is 19.9. The van der Waals surface area contributed by atoms with E-state index >= 15 is 0 Å². The molecule has 5 nitrogen and oxygen atoms in total. The summed E-state index contributed by atoms with van der Waals surface area (Å²) in [7, 11) is 0. The minimum Gasteiger partial charge on any atom is -0.504 e. The second kappa shape index (κ2) is 9.21. The summed E-state index contributed by atoms with van der Waals surface area (Å²) in [4.78, 5) is 0. The molecule has 0 radical (unpaired) electrons.